The number of aryl methyl sites for hydroxylation is 1. The third-order valence-corrected chi connectivity index (χ3v) is 4.58. The Morgan fingerprint density at radius 1 is 1.37 bits per heavy atom. The Hall–Kier alpha value is -1.40. The summed E-state index contributed by atoms with van der Waals surface area (Å²) in [6, 6.07) is 5.84. The third kappa shape index (κ3) is 3.33. The van der Waals surface area contributed by atoms with Crippen LogP contribution >= 0.6 is 27.3 Å². The van der Waals surface area contributed by atoms with Crippen molar-refractivity contribution in [3.05, 3.63) is 44.3 Å². The lowest BCUT2D eigenvalue weighted by Gasteiger charge is -2.06. The van der Waals surface area contributed by atoms with Gasteiger partial charge in [0.05, 0.1) is 15.8 Å². The summed E-state index contributed by atoms with van der Waals surface area (Å²) in [5, 5.41) is 2.64. The summed E-state index contributed by atoms with van der Waals surface area (Å²) in [5.41, 5.74) is 1.36. The fourth-order valence-corrected chi connectivity index (χ4v) is 2.95. The molecule has 1 amide bonds. The van der Waals surface area contributed by atoms with Crippen molar-refractivity contribution in [3.63, 3.8) is 0 Å². The molecule has 0 aliphatic heterocycles. The summed E-state index contributed by atoms with van der Waals surface area (Å²) < 4.78 is 19.2. The summed E-state index contributed by atoms with van der Waals surface area (Å²) in [4.78, 5) is 12.6. The van der Waals surface area contributed by atoms with E-state index in [0.29, 0.717) is 16.3 Å². The molecule has 0 aliphatic rings. The summed E-state index contributed by atoms with van der Waals surface area (Å²) in [5.74, 6) is -0.372. The number of benzene rings is 1. The van der Waals surface area contributed by atoms with Gasteiger partial charge in [-0.25, -0.2) is 4.39 Å². The van der Waals surface area contributed by atoms with E-state index in [1.165, 1.54) is 30.6 Å². The van der Waals surface area contributed by atoms with Crippen LogP contribution in [0.15, 0.2) is 28.1 Å². The molecule has 0 saturated heterocycles. The van der Waals surface area contributed by atoms with E-state index in [-0.39, 0.29) is 5.91 Å². The predicted molar refractivity (Wildman–Crippen MR) is 77.7 cm³/mol. The van der Waals surface area contributed by atoms with Crippen LogP contribution < -0.4 is 10.1 Å². The van der Waals surface area contributed by atoms with E-state index < -0.39 is 5.82 Å². The number of amides is 1. The van der Waals surface area contributed by atoms with Gasteiger partial charge in [0.2, 0.25) is 0 Å². The van der Waals surface area contributed by atoms with Crippen LogP contribution in [0.3, 0.4) is 0 Å². The SMILES string of the molecule is COc1cc(F)cc(NC(=O)c2cc(C)c(Br)s2)c1. The first-order valence-electron chi connectivity index (χ1n) is 5.41. The number of hydrogen-bond donors (Lipinski definition) is 1. The normalized spacial score (nSPS) is 10.3. The number of nitrogens with one attached hydrogen (secondary N) is 1. The van der Waals surface area contributed by atoms with Crippen LogP contribution in [0.5, 0.6) is 5.75 Å². The zero-order valence-corrected chi connectivity index (χ0v) is 12.7. The molecule has 0 saturated carbocycles. The molecular weight excluding hydrogens is 333 g/mol. The molecule has 0 atom stereocenters. The van der Waals surface area contributed by atoms with Crippen LogP contribution in [0.4, 0.5) is 10.1 Å². The minimum atomic E-state index is -0.460. The number of hydrogen-bond acceptors (Lipinski definition) is 3. The number of carbonyl (C=O) groups is 1. The molecule has 2 rings (SSSR count). The van der Waals surface area contributed by atoms with Crippen molar-refractivity contribution in [1.82, 2.24) is 0 Å². The first-order chi connectivity index (χ1) is 8.99. The van der Waals surface area contributed by atoms with Gasteiger partial charge in [-0.1, -0.05) is 0 Å². The van der Waals surface area contributed by atoms with Gasteiger partial charge in [0.1, 0.15) is 11.6 Å². The highest BCUT2D eigenvalue weighted by Crippen LogP contribution is 2.28. The molecule has 0 bridgehead atoms. The number of rotatable bonds is 3. The Kier molecular flexibility index (Phi) is 4.21. The van der Waals surface area contributed by atoms with Gasteiger partial charge in [0.25, 0.3) is 5.91 Å². The van der Waals surface area contributed by atoms with Crippen LogP contribution in [0.2, 0.25) is 0 Å². The van der Waals surface area contributed by atoms with E-state index in [1.807, 2.05) is 6.92 Å². The molecule has 0 spiro atoms. The maximum absolute atomic E-state index is 13.3. The minimum absolute atomic E-state index is 0.272. The van der Waals surface area contributed by atoms with Gasteiger partial charge in [0, 0.05) is 17.8 Å². The highest BCUT2D eigenvalue weighted by Gasteiger charge is 2.12. The van der Waals surface area contributed by atoms with Gasteiger partial charge < -0.3 is 10.1 Å². The van der Waals surface area contributed by atoms with Crippen LogP contribution in [-0.4, -0.2) is 13.0 Å². The average Bonchev–Trinajstić information content (AvgIpc) is 2.69. The molecule has 1 aromatic carbocycles. The fraction of sp³-hybridized carbons (Fsp3) is 0.154. The standard InChI is InChI=1S/C13H11BrFNO2S/c1-7-3-11(19-12(7)14)13(17)16-9-4-8(15)5-10(6-9)18-2/h3-6H,1-2H3,(H,16,17). The Bertz CT molecular complexity index is 608. The van der Waals surface area contributed by atoms with E-state index >= 15 is 0 Å². The highest BCUT2D eigenvalue weighted by molar-refractivity contribution is 9.11. The molecule has 3 nitrogen and oxygen atoms in total. The van der Waals surface area contributed by atoms with E-state index in [4.69, 9.17) is 4.74 Å². The second-order valence-corrected chi connectivity index (χ2v) is 6.27. The molecule has 0 fully saturated rings. The van der Waals surface area contributed by atoms with Crippen LogP contribution in [0, 0.1) is 12.7 Å². The van der Waals surface area contributed by atoms with Crippen molar-refractivity contribution >= 4 is 38.9 Å². The Morgan fingerprint density at radius 2 is 2.11 bits per heavy atom. The second kappa shape index (κ2) is 5.71. The molecule has 1 heterocycles. The molecule has 6 heteroatoms. The molecule has 0 aliphatic carbocycles. The van der Waals surface area contributed by atoms with Crippen molar-refractivity contribution in [2.24, 2.45) is 0 Å². The fourth-order valence-electron chi connectivity index (χ4n) is 1.52. The lowest BCUT2D eigenvalue weighted by molar-refractivity contribution is 0.103. The smallest absolute Gasteiger partial charge is 0.265 e. The molecule has 2 aromatic rings. The number of thiophene rings is 1. The first kappa shape index (κ1) is 14.0. The molecule has 19 heavy (non-hydrogen) atoms. The summed E-state index contributed by atoms with van der Waals surface area (Å²) in [6.45, 7) is 1.91. The van der Waals surface area contributed by atoms with E-state index in [1.54, 1.807) is 12.1 Å². The van der Waals surface area contributed by atoms with Crippen LogP contribution in [0.1, 0.15) is 15.2 Å². The highest BCUT2D eigenvalue weighted by atomic mass is 79.9. The summed E-state index contributed by atoms with van der Waals surface area (Å²) in [7, 11) is 1.44. The van der Waals surface area contributed by atoms with Crippen molar-refractivity contribution in [1.29, 1.82) is 0 Å². The number of halogens is 2. The molecular formula is C13H11BrFNO2S. The van der Waals surface area contributed by atoms with E-state index in [9.17, 15) is 9.18 Å². The van der Waals surface area contributed by atoms with E-state index in [0.717, 1.165) is 9.35 Å². The van der Waals surface area contributed by atoms with Crippen molar-refractivity contribution in [2.75, 3.05) is 12.4 Å². The molecule has 0 unspecified atom stereocenters. The third-order valence-electron chi connectivity index (χ3n) is 2.45. The lowest BCUT2D eigenvalue weighted by Crippen LogP contribution is -2.10. The monoisotopic (exact) mass is 343 g/mol. The molecule has 1 N–H and O–H groups in total. The second-order valence-electron chi connectivity index (χ2n) is 3.90. The Labute approximate surface area is 122 Å². The molecule has 0 radical (unpaired) electrons. The zero-order valence-electron chi connectivity index (χ0n) is 10.3. The van der Waals surface area contributed by atoms with Gasteiger partial charge in [-0.15, -0.1) is 11.3 Å². The van der Waals surface area contributed by atoms with Gasteiger partial charge >= 0.3 is 0 Å². The predicted octanol–water partition coefficient (Wildman–Crippen LogP) is 4.22. The van der Waals surface area contributed by atoms with Crippen LogP contribution in [0.25, 0.3) is 0 Å². The lowest BCUT2D eigenvalue weighted by atomic mass is 10.2. The van der Waals surface area contributed by atoms with Crippen molar-refractivity contribution in [2.45, 2.75) is 6.92 Å². The van der Waals surface area contributed by atoms with E-state index in [2.05, 4.69) is 21.2 Å². The van der Waals surface area contributed by atoms with Gasteiger partial charge in [-0.2, -0.15) is 0 Å². The van der Waals surface area contributed by atoms with Crippen molar-refractivity contribution < 1.29 is 13.9 Å². The summed E-state index contributed by atoms with van der Waals surface area (Å²) in [6.07, 6.45) is 0. The van der Waals surface area contributed by atoms with Gasteiger partial charge in [-0.3, -0.25) is 4.79 Å². The van der Waals surface area contributed by atoms with Gasteiger partial charge in [-0.05, 0) is 40.5 Å². The Balaban J connectivity index is 2.21. The van der Waals surface area contributed by atoms with Crippen LogP contribution in [-0.2, 0) is 0 Å². The van der Waals surface area contributed by atoms with Gasteiger partial charge in [0.15, 0.2) is 0 Å². The molecule has 1 aromatic heterocycles. The quantitative estimate of drug-likeness (QED) is 0.905. The molecule has 100 valence electrons. The average molecular weight is 344 g/mol. The zero-order chi connectivity index (χ0) is 14.0. The number of methoxy groups -OCH3 is 1. The summed E-state index contributed by atoms with van der Waals surface area (Å²) >= 11 is 4.70. The maximum atomic E-state index is 13.3. The number of carbonyl (C=O) groups excluding carboxylic acids is 1. The topological polar surface area (TPSA) is 38.3 Å². The first-order valence-corrected chi connectivity index (χ1v) is 7.02. The maximum Gasteiger partial charge on any atom is 0.265 e. The minimum Gasteiger partial charge on any atom is -0.497 e. The van der Waals surface area contributed by atoms with Crippen molar-refractivity contribution in [3.8, 4) is 5.75 Å². The Morgan fingerprint density at radius 3 is 2.68 bits per heavy atom. The largest absolute Gasteiger partial charge is 0.497 e. The number of anilines is 1. The number of ether oxygens (including phenoxy) is 1.